The third-order valence-corrected chi connectivity index (χ3v) is 6.71. The molecule has 4 nitrogen and oxygen atoms in total. The van der Waals surface area contributed by atoms with E-state index in [1.165, 1.54) is 32.1 Å². The topological polar surface area (TPSA) is 59.1 Å². The summed E-state index contributed by atoms with van der Waals surface area (Å²) in [6, 6.07) is 5.72. The van der Waals surface area contributed by atoms with Gasteiger partial charge in [-0.15, -0.1) is 0 Å². The van der Waals surface area contributed by atoms with Crippen LogP contribution >= 0.6 is 11.3 Å². The second kappa shape index (κ2) is 5.93. The van der Waals surface area contributed by atoms with E-state index in [-0.39, 0.29) is 5.75 Å². The lowest BCUT2D eigenvalue weighted by molar-refractivity contribution is 0.462. The first-order valence-corrected chi connectivity index (χ1v) is 9.95. The number of nitrogens with one attached hydrogen (secondary N) is 1. The Hall–Kier alpha value is -1.14. The largest absolute Gasteiger partial charge is 0.359 e. The molecule has 0 radical (unpaired) electrons. The van der Waals surface area contributed by atoms with Crippen molar-refractivity contribution in [3.8, 4) is 0 Å². The Morgan fingerprint density at radius 1 is 1.29 bits per heavy atom. The van der Waals surface area contributed by atoms with Crippen LogP contribution in [0.5, 0.6) is 0 Å². The Kier molecular flexibility index (Phi) is 4.17. The predicted molar refractivity (Wildman–Crippen MR) is 87.8 cm³/mol. The minimum Gasteiger partial charge on any atom is -0.359 e. The number of fused-ring (bicyclic) bond motifs is 1. The summed E-state index contributed by atoms with van der Waals surface area (Å²) in [5.74, 6) is 0.129. The fourth-order valence-corrected chi connectivity index (χ4v) is 4.71. The normalized spacial score (nSPS) is 17.2. The molecule has 1 aliphatic carbocycles. The van der Waals surface area contributed by atoms with Crippen LogP contribution in [0.3, 0.4) is 0 Å². The first kappa shape index (κ1) is 14.8. The summed E-state index contributed by atoms with van der Waals surface area (Å²) in [5, 5.41) is 4.41. The fourth-order valence-electron chi connectivity index (χ4n) is 2.75. The summed E-state index contributed by atoms with van der Waals surface area (Å²) in [5.41, 5.74) is 0.869. The van der Waals surface area contributed by atoms with E-state index in [1.807, 2.05) is 0 Å². The zero-order valence-corrected chi connectivity index (χ0v) is 13.8. The monoisotopic (exact) mass is 324 g/mol. The summed E-state index contributed by atoms with van der Waals surface area (Å²) >= 11 is 1.55. The maximum absolute atomic E-state index is 11.9. The molecule has 0 bridgehead atoms. The van der Waals surface area contributed by atoms with Gasteiger partial charge in [-0.2, -0.15) is 0 Å². The molecule has 1 saturated carbocycles. The minimum atomic E-state index is -3.15. The van der Waals surface area contributed by atoms with Crippen molar-refractivity contribution in [2.45, 2.75) is 50.0 Å². The molecule has 1 N–H and O–H groups in total. The van der Waals surface area contributed by atoms with E-state index in [0.717, 1.165) is 15.3 Å². The van der Waals surface area contributed by atoms with Crippen LogP contribution in [0.1, 0.15) is 39.0 Å². The van der Waals surface area contributed by atoms with Crippen LogP contribution in [0, 0.1) is 0 Å². The lowest BCUT2D eigenvalue weighted by Crippen LogP contribution is -2.21. The van der Waals surface area contributed by atoms with Gasteiger partial charge in [-0.05, 0) is 31.0 Å². The highest BCUT2D eigenvalue weighted by molar-refractivity contribution is 7.91. The van der Waals surface area contributed by atoms with Crippen LogP contribution in [-0.2, 0) is 9.84 Å². The molecular formula is C15H20N2O2S2. The standard InChI is InChI=1S/C15H20N2O2S2/c1-2-21(18,19)12-8-9-13-14(10-12)20-15(17-13)16-11-6-4-3-5-7-11/h8-11H,2-7H2,1H3,(H,16,17). The molecule has 0 saturated heterocycles. The lowest BCUT2D eigenvalue weighted by atomic mass is 9.96. The number of hydrogen-bond acceptors (Lipinski definition) is 5. The molecule has 1 heterocycles. The van der Waals surface area contributed by atoms with E-state index in [2.05, 4.69) is 10.3 Å². The van der Waals surface area contributed by atoms with Gasteiger partial charge in [0.15, 0.2) is 15.0 Å². The average Bonchev–Trinajstić information content (AvgIpc) is 2.89. The van der Waals surface area contributed by atoms with E-state index >= 15 is 0 Å². The Labute approximate surface area is 129 Å². The smallest absolute Gasteiger partial charge is 0.184 e. The number of hydrogen-bond donors (Lipinski definition) is 1. The quantitative estimate of drug-likeness (QED) is 0.928. The highest BCUT2D eigenvalue weighted by atomic mass is 32.2. The molecule has 21 heavy (non-hydrogen) atoms. The summed E-state index contributed by atoms with van der Waals surface area (Å²) in [7, 11) is -3.15. The zero-order valence-electron chi connectivity index (χ0n) is 12.1. The van der Waals surface area contributed by atoms with Gasteiger partial charge in [0.1, 0.15) is 0 Å². The predicted octanol–water partition coefficient (Wildman–Crippen LogP) is 3.83. The molecule has 1 aliphatic rings. The van der Waals surface area contributed by atoms with Crippen LogP contribution in [0.15, 0.2) is 23.1 Å². The van der Waals surface area contributed by atoms with Gasteiger partial charge in [-0.3, -0.25) is 0 Å². The highest BCUT2D eigenvalue weighted by Gasteiger charge is 2.16. The Bertz CT molecular complexity index is 731. The first-order valence-electron chi connectivity index (χ1n) is 7.48. The molecule has 1 aromatic carbocycles. The van der Waals surface area contributed by atoms with Crippen LogP contribution in [0.2, 0.25) is 0 Å². The molecule has 0 spiro atoms. The number of nitrogens with zero attached hydrogens (tertiary/aromatic N) is 1. The van der Waals surface area contributed by atoms with E-state index < -0.39 is 9.84 Å². The van der Waals surface area contributed by atoms with Gasteiger partial charge in [-0.25, -0.2) is 13.4 Å². The summed E-state index contributed by atoms with van der Waals surface area (Å²) in [6.45, 7) is 1.67. The van der Waals surface area contributed by atoms with E-state index in [4.69, 9.17) is 0 Å². The molecule has 114 valence electrons. The van der Waals surface area contributed by atoms with Gasteiger partial charge in [0.05, 0.1) is 20.9 Å². The van der Waals surface area contributed by atoms with Crippen molar-refractivity contribution in [1.82, 2.24) is 4.98 Å². The maximum Gasteiger partial charge on any atom is 0.184 e. The molecule has 0 unspecified atom stereocenters. The molecule has 1 fully saturated rings. The zero-order chi connectivity index (χ0) is 14.9. The molecule has 3 rings (SSSR count). The number of sulfone groups is 1. The molecule has 0 amide bonds. The van der Waals surface area contributed by atoms with Crippen LogP contribution in [0.4, 0.5) is 5.13 Å². The van der Waals surface area contributed by atoms with Crippen molar-refractivity contribution >= 4 is 36.5 Å². The highest BCUT2D eigenvalue weighted by Crippen LogP contribution is 2.30. The summed E-state index contributed by atoms with van der Waals surface area (Å²) < 4.78 is 24.8. The summed E-state index contributed by atoms with van der Waals surface area (Å²) in [4.78, 5) is 4.96. The average molecular weight is 324 g/mol. The van der Waals surface area contributed by atoms with Crippen molar-refractivity contribution in [2.24, 2.45) is 0 Å². The van der Waals surface area contributed by atoms with Crippen LogP contribution in [-0.4, -0.2) is 25.2 Å². The number of aromatic nitrogens is 1. The number of rotatable bonds is 4. The van der Waals surface area contributed by atoms with E-state index in [0.29, 0.717) is 10.9 Å². The van der Waals surface area contributed by atoms with Crippen molar-refractivity contribution in [3.05, 3.63) is 18.2 Å². The van der Waals surface area contributed by atoms with Crippen LogP contribution in [0.25, 0.3) is 10.2 Å². The molecular weight excluding hydrogens is 304 g/mol. The molecule has 2 aromatic rings. The third kappa shape index (κ3) is 3.21. The van der Waals surface area contributed by atoms with Crippen LogP contribution < -0.4 is 5.32 Å². The van der Waals surface area contributed by atoms with Gasteiger partial charge < -0.3 is 5.32 Å². The molecule has 0 aliphatic heterocycles. The Morgan fingerprint density at radius 2 is 2.05 bits per heavy atom. The van der Waals surface area contributed by atoms with E-state index in [1.54, 1.807) is 36.5 Å². The van der Waals surface area contributed by atoms with Gasteiger partial charge in [-0.1, -0.05) is 37.5 Å². The van der Waals surface area contributed by atoms with Crippen molar-refractivity contribution in [2.75, 3.05) is 11.1 Å². The number of benzene rings is 1. The maximum atomic E-state index is 11.9. The third-order valence-electron chi connectivity index (χ3n) is 4.03. The van der Waals surface area contributed by atoms with Crippen molar-refractivity contribution in [3.63, 3.8) is 0 Å². The summed E-state index contributed by atoms with van der Waals surface area (Å²) in [6.07, 6.45) is 6.29. The fraction of sp³-hybridized carbons (Fsp3) is 0.533. The van der Waals surface area contributed by atoms with Gasteiger partial charge in [0.2, 0.25) is 0 Å². The molecule has 6 heteroatoms. The second-order valence-corrected chi connectivity index (χ2v) is 8.84. The SMILES string of the molecule is CCS(=O)(=O)c1ccc2nc(NC3CCCCC3)sc2c1. The number of thiazole rings is 1. The van der Waals surface area contributed by atoms with Crippen molar-refractivity contribution < 1.29 is 8.42 Å². The second-order valence-electron chi connectivity index (χ2n) is 5.53. The Morgan fingerprint density at radius 3 is 2.76 bits per heavy atom. The Balaban J connectivity index is 1.86. The number of anilines is 1. The van der Waals surface area contributed by atoms with Crippen molar-refractivity contribution in [1.29, 1.82) is 0 Å². The van der Waals surface area contributed by atoms with Gasteiger partial charge in [0.25, 0.3) is 0 Å². The molecule has 1 aromatic heterocycles. The minimum absolute atomic E-state index is 0.129. The first-order chi connectivity index (χ1) is 10.1. The van der Waals surface area contributed by atoms with Gasteiger partial charge in [0, 0.05) is 6.04 Å². The lowest BCUT2D eigenvalue weighted by Gasteiger charge is -2.22. The van der Waals surface area contributed by atoms with Gasteiger partial charge >= 0.3 is 0 Å². The van der Waals surface area contributed by atoms with E-state index in [9.17, 15) is 8.42 Å². The molecule has 0 atom stereocenters.